The van der Waals surface area contributed by atoms with Crippen molar-refractivity contribution in [1.82, 2.24) is 4.57 Å². The summed E-state index contributed by atoms with van der Waals surface area (Å²) in [6.07, 6.45) is 5.00. The van der Waals surface area contributed by atoms with Crippen LogP contribution in [0.15, 0.2) is 30.4 Å². The number of hydrogen-bond donors (Lipinski definition) is 2. The van der Waals surface area contributed by atoms with Gasteiger partial charge in [0.25, 0.3) is 5.69 Å². The minimum atomic E-state index is -0.462. The Hall–Kier alpha value is -2.76. The van der Waals surface area contributed by atoms with Crippen LogP contribution in [0.2, 0.25) is 0 Å². The van der Waals surface area contributed by atoms with Gasteiger partial charge in [0.05, 0.1) is 10.6 Å². The number of nitro groups is 1. The zero-order valence-corrected chi connectivity index (χ0v) is 11.9. The standard InChI is InChI=1S/C16H14N2O4/c1-8-6-11(18(21)22)4-5-12(8)17-15(19)13-9-2-3-10(7-9)14(13)16(17)20/h2-6,9-10,19-20H,7H2,1H3. The molecule has 22 heavy (non-hydrogen) atoms. The van der Waals surface area contributed by atoms with E-state index in [1.54, 1.807) is 13.0 Å². The van der Waals surface area contributed by atoms with Crippen molar-refractivity contribution in [1.29, 1.82) is 0 Å². The van der Waals surface area contributed by atoms with Gasteiger partial charge in [0.1, 0.15) is 0 Å². The smallest absolute Gasteiger partial charge is 0.269 e. The minimum absolute atomic E-state index is 0.0123. The molecule has 1 heterocycles. The molecule has 1 aromatic carbocycles. The summed E-state index contributed by atoms with van der Waals surface area (Å²) in [6, 6.07) is 4.36. The average molecular weight is 298 g/mol. The molecule has 4 rings (SSSR count). The second kappa shape index (κ2) is 4.13. The van der Waals surface area contributed by atoms with Crippen molar-refractivity contribution in [3.05, 3.63) is 57.2 Å². The number of nitro benzene ring substituents is 1. The molecule has 0 spiro atoms. The maximum Gasteiger partial charge on any atom is 0.269 e. The van der Waals surface area contributed by atoms with Crippen molar-refractivity contribution < 1.29 is 15.1 Å². The van der Waals surface area contributed by atoms with E-state index in [1.807, 2.05) is 0 Å². The molecule has 112 valence electrons. The Morgan fingerprint density at radius 1 is 1.18 bits per heavy atom. The highest BCUT2D eigenvalue weighted by Crippen LogP contribution is 2.57. The fraction of sp³-hybridized carbons (Fsp3) is 0.250. The summed E-state index contributed by atoms with van der Waals surface area (Å²) in [7, 11) is 0. The van der Waals surface area contributed by atoms with Crippen LogP contribution in [0.3, 0.4) is 0 Å². The quantitative estimate of drug-likeness (QED) is 0.506. The first-order valence-electron chi connectivity index (χ1n) is 7.09. The highest BCUT2D eigenvalue weighted by atomic mass is 16.6. The van der Waals surface area contributed by atoms with Crippen LogP contribution in [-0.2, 0) is 0 Å². The maximum absolute atomic E-state index is 10.8. The molecule has 0 fully saturated rings. The number of benzene rings is 1. The third-order valence-electron chi connectivity index (χ3n) is 4.65. The molecule has 0 saturated heterocycles. The van der Waals surface area contributed by atoms with E-state index in [2.05, 4.69) is 12.2 Å². The summed E-state index contributed by atoms with van der Waals surface area (Å²) in [4.78, 5) is 10.4. The Labute approximate surface area is 126 Å². The summed E-state index contributed by atoms with van der Waals surface area (Å²) in [5.74, 6) is 0.346. The van der Waals surface area contributed by atoms with Gasteiger partial charge in [0.15, 0.2) is 0 Å². The number of hydrogen-bond acceptors (Lipinski definition) is 4. The van der Waals surface area contributed by atoms with E-state index in [0.717, 1.165) is 17.5 Å². The number of aromatic hydroxyl groups is 2. The number of allylic oxidation sites excluding steroid dienone is 2. The number of aromatic nitrogens is 1. The third kappa shape index (κ3) is 1.49. The van der Waals surface area contributed by atoms with Crippen LogP contribution in [0.5, 0.6) is 11.8 Å². The predicted octanol–water partition coefficient (Wildman–Crippen LogP) is 3.25. The van der Waals surface area contributed by atoms with Gasteiger partial charge in [-0.25, -0.2) is 0 Å². The van der Waals surface area contributed by atoms with Crippen molar-refractivity contribution in [2.45, 2.75) is 25.2 Å². The molecule has 0 saturated carbocycles. The molecular weight excluding hydrogens is 284 g/mol. The SMILES string of the molecule is Cc1cc([N+](=O)[O-])ccc1-n1c(O)c2c(c1O)C1C=CC2C1. The fourth-order valence-corrected chi connectivity index (χ4v) is 3.67. The Balaban J connectivity index is 1.91. The Morgan fingerprint density at radius 3 is 2.27 bits per heavy atom. The molecule has 2 aliphatic carbocycles. The van der Waals surface area contributed by atoms with Gasteiger partial charge < -0.3 is 10.2 Å². The summed E-state index contributed by atoms with van der Waals surface area (Å²) >= 11 is 0. The molecule has 0 amide bonds. The Bertz CT molecular complexity index is 815. The van der Waals surface area contributed by atoms with Crippen molar-refractivity contribution >= 4 is 5.69 Å². The lowest BCUT2D eigenvalue weighted by molar-refractivity contribution is -0.384. The number of aryl methyl sites for hydroxylation is 1. The van der Waals surface area contributed by atoms with E-state index in [9.17, 15) is 20.3 Å². The second-order valence-electron chi connectivity index (χ2n) is 5.87. The molecule has 0 aliphatic heterocycles. The first-order chi connectivity index (χ1) is 10.5. The highest BCUT2D eigenvalue weighted by molar-refractivity contribution is 5.63. The zero-order valence-electron chi connectivity index (χ0n) is 11.9. The molecule has 1 aromatic heterocycles. The van der Waals surface area contributed by atoms with Gasteiger partial charge in [-0.2, -0.15) is 0 Å². The van der Waals surface area contributed by atoms with E-state index in [-0.39, 0.29) is 29.3 Å². The van der Waals surface area contributed by atoms with E-state index >= 15 is 0 Å². The molecule has 2 unspecified atom stereocenters. The monoisotopic (exact) mass is 298 g/mol. The van der Waals surface area contributed by atoms with E-state index in [4.69, 9.17) is 0 Å². The number of non-ortho nitro benzene ring substituents is 1. The lowest BCUT2D eigenvalue weighted by Gasteiger charge is -2.12. The molecule has 2 atom stereocenters. The van der Waals surface area contributed by atoms with Crippen molar-refractivity contribution in [2.24, 2.45) is 0 Å². The molecule has 2 N–H and O–H groups in total. The topological polar surface area (TPSA) is 88.5 Å². The minimum Gasteiger partial charge on any atom is -0.494 e. The van der Waals surface area contributed by atoms with E-state index in [1.165, 1.54) is 16.7 Å². The fourth-order valence-electron chi connectivity index (χ4n) is 3.67. The van der Waals surface area contributed by atoms with Crippen LogP contribution in [0.1, 0.15) is 34.9 Å². The lowest BCUT2D eigenvalue weighted by Crippen LogP contribution is -1.99. The molecule has 6 heteroatoms. The first kappa shape index (κ1) is 12.9. The van der Waals surface area contributed by atoms with Crippen LogP contribution in [0.25, 0.3) is 5.69 Å². The molecule has 6 nitrogen and oxygen atoms in total. The molecule has 2 aromatic rings. The molecule has 2 aliphatic rings. The first-order valence-corrected chi connectivity index (χ1v) is 7.09. The maximum atomic E-state index is 10.8. The normalized spacial score (nSPS) is 21.3. The van der Waals surface area contributed by atoms with Gasteiger partial charge in [0.2, 0.25) is 11.8 Å². The number of fused-ring (bicyclic) bond motifs is 5. The van der Waals surface area contributed by atoms with Crippen LogP contribution < -0.4 is 0 Å². The van der Waals surface area contributed by atoms with Crippen LogP contribution >= 0.6 is 0 Å². The summed E-state index contributed by atoms with van der Waals surface area (Å²) in [5, 5.41) is 31.9. The van der Waals surface area contributed by atoms with Gasteiger partial charge in [0, 0.05) is 35.1 Å². The van der Waals surface area contributed by atoms with Crippen molar-refractivity contribution in [2.75, 3.05) is 0 Å². The number of nitrogens with zero attached hydrogens (tertiary/aromatic N) is 2. The lowest BCUT2D eigenvalue weighted by atomic mass is 10.0. The molecule has 2 bridgehead atoms. The zero-order chi connectivity index (χ0) is 15.6. The Kier molecular flexibility index (Phi) is 2.43. The van der Waals surface area contributed by atoms with Gasteiger partial charge in [-0.3, -0.25) is 14.7 Å². The van der Waals surface area contributed by atoms with Crippen molar-refractivity contribution in [3.8, 4) is 17.4 Å². The van der Waals surface area contributed by atoms with Crippen LogP contribution in [0.4, 0.5) is 5.69 Å². The average Bonchev–Trinajstić information content (AvgIpc) is 3.14. The van der Waals surface area contributed by atoms with Crippen molar-refractivity contribution in [3.63, 3.8) is 0 Å². The largest absolute Gasteiger partial charge is 0.494 e. The van der Waals surface area contributed by atoms with Gasteiger partial charge >= 0.3 is 0 Å². The van der Waals surface area contributed by atoms with Gasteiger partial charge in [-0.1, -0.05) is 12.2 Å². The van der Waals surface area contributed by atoms with Gasteiger partial charge in [-0.15, -0.1) is 0 Å². The van der Waals surface area contributed by atoms with Gasteiger partial charge in [-0.05, 0) is 25.0 Å². The molecular formula is C16H14N2O4. The highest BCUT2D eigenvalue weighted by Gasteiger charge is 2.41. The summed E-state index contributed by atoms with van der Waals surface area (Å²) < 4.78 is 1.38. The third-order valence-corrected chi connectivity index (χ3v) is 4.65. The summed E-state index contributed by atoms with van der Waals surface area (Å²) in [6.45, 7) is 1.72. The van der Waals surface area contributed by atoms with Crippen LogP contribution in [0, 0.1) is 17.0 Å². The molecule has 0 radical (unpaired) electrons. The van der Waals surface area contributed by atoms with Crippen LogP contribution in [-0.4, -0.2) is 19.7 Å². The van der Waals surface area contributed by atoms with E-state index < -0.39 is 4.92 Å². The predicted molar refractivity (Wildman–Crippen MR) is 79.7 cm³/mol. The Morgan fingerprint density at radius 2 is 1.77 bits per heavy atom. The summed E-state index contributed by atoms with van der Waals surface area (Å²) in [5.41, 5.74) is 2.72. The number of rotatable bonds is 2. The second-order valence-corrected chi connectivity index (χ2v) is 5.87. The van der Waals surface area contributed by atoms with E-state index in [0.29, 0.717) is 11.3 Å².